The maximum absolute atomic E-state index is 7.01. The van der Waals surface area contributed by atoms with Crippen LogP contribution in [0.25, 0.3) is 0 Å². The fourth-order valence-electron chi connectivity index (χ4n) is 4.34. The maximum atomic E-state index is 7.01. The SMILES string of the molecule is CCOc1ccc(C2Nc3ccccc3C(c3ccccc3)(c3ccccc3)O2)cc1. The van der Waals surface area contributed by atoms with Crippen molar-refractivity contribution in [2.24, 2.45) is 0 Å². The van der Waals surface area contributed by atoms with Gasteiger partial charge in [0.1, 0.15) is 11.4 Å². The summed E-state index contributed by atoms with van der Waals surface area (Å²) in [5.41, 5.74) is 4.70. The van der Waals surface area contributed by atoms with Gasteiger partial charge in [-0.1, -0.05) is 91.0 Å². The Balaban J connectivity index is 1.69. The van der Waals surface area contributed by atoms with E-state index in [1.54, 1.807) is 0 Å². The average molecular weight is 408 g/mol. The van der Waals surface area contributed by atoms with Crippen LogP contribution in [0.3, 0.4) is 0 Å². The second-order valence-corrected chi connectivity index (χ2v) is 7.60. The van der Waals surface area contributed by atoms with Crippen LogP contribution in [0.5, 0.6) is 5.75 Å². The van der Waals surface area contributed by atoms with E-state index in [9.17, 15) is 0 Å². The molecule has 5 rings (SSSR count). The van der Waals surface area contributed by atoms with Gasteiger partial charge in [-0.05, 0) is 36.2 Å². The van der Waals surface area contributed by atoms with Crippen LogP contribution in [0.4, 0.5) is 5.69 Å². The van der Waals surface area contributed by atoms with Gasteiger partial charge in [-0.2, -0.15) is 0 Å². The number of ether oxygens (including phenoxy) is 2. The molecule has 1 atom stereocenters. The zero-order valence-electron chi connectivity index (χ0n) is 17.5. The summed E-state index contributed by atoms with van der Waals surface area (Å²) in [7, 11) is 0. The molecular weight excluding hydrogens is 382 g/mol. The van der Waals surface area contributed by atoms with Gasteiger partial charge < -0.3 is 14.8 Å². The third kappa shape index (κ3) is 3.47. The fourth-order valence-corrected chi connectivity index (χ4v) is 4.34. The second-order valence-electron chi connectivity index (χ2n) is 7.60. The van der Waals surface area contributed by atoms with Gasteiger partial charge in [0.25, 0.3) is 0 Å². The Morgan fingerprint density at radius 1 is 0.742 bits per heavy atom. The van der Waals surface area contributed by atoms with Crippen molar-refractivity contribution in [3.63, 3.8) is 0 Å². The lowest BCUT2D eigenvalue weighted by atomic mass is 9.78. The molecule has 154 valence electrons. The molecule has 0 radical (unpaired) electrons. The van der Waals surface area contributed by atoms with Crippen LogP contribution in [-0.2, 0) is 10.3 Å². The van der Waals surface area contributed by atoms with E-state index >= 15 is 0 Å². The van der Waals surface area contributed by atoms with Crippen LogP contribution >= 0.6 is 0 Å². The van der Waals surface area contributed by atoms with Gasteiger partial charge in [0.05, 0.1) is 6.61 Å². The largest absolute Gasteiger partial charge is 0.494 e. The normalized spacial score (nSPS) is 16.7. The zero-order valence-corrected chi connectivity index (χ0v) is 17.5. The molecule has 0 saturated heterocycles. The molecule has 1 aliphatic rings. The molecule has 1 unspecified atom stereocenters. The first-order valence-corrected chi connectivity index (χ1v) is 10.7. The lowest BCUT2D eigenvalue weighted by Crippen LogP contribution is -2.40. The first-order valence-electron chi connectivity index (χ1n) is 10.7. The van der Waals surface area contributed by atoms with Crippen LogP contribution in [-0.4, -0.2) is 6.61 Å². The third-order valence-corrected chi connectivity index (χ3v) is 5.74. The molecule has 1 aliphatic heterocycles. The van der Waals surface area contributed by atoms with Crippen molar-refractivity contribution < 1.29 is 9.47 Å². The standard InChI is InChI=1S/C28H25NO2/c1-2-30-24-19-17-21(18-20-24)27-29-26-16-10-9-15-25(26)28(31-27,22-11-5-3-6-12-22)23-13-7-4-8-14-23/h3-20,27,29H,2H2,1H3. The zero-order chi connectivity index (χ0) is 21.1. The van der Waals surface area contributed by atoms with E-state index in [1.165, 1.54) is 0 Å². The number of hydrogen-bond acceptors (Lipinski definition) is 3. The molecule has 4 aromatic carbocycles. The highest BCUT2D eigenvalue weighted by Crippen LogP contribution is 2.50. The average Bonchev–Trinajstić information content (AvgIpc) is 2.85. The summed E-state index contributed by atoms with van der Waals surface area (Å²) in [6, 6.07) is 37.5. The number of anilines is 1. The van der Waals surface area contributed by atoms with Crippen molar-refractivity contribution >= 4 is 5.69 Å². The topological polar surface area (TPSA) is 30.5 Å². The molecule has 0 aromatic heterocycles. The van der Waals surface area contributed by atoms with E-state index in [4.69, 9.17) is 9.47 Å². The van der Waals surface area contributed by atoms with E-state index in [2.05, 4.69) is 90.2 Å². The van der Waals surface area contributed by atoms with Gasteiger partial charge in [0.15, 0.2) is 6.23 Å². The van der Waals surface area contributed by atoms with E-state index < -0.39 is 5.60 Å². The predicted octanol–water partition coefficient (Wildman–Crippen LogP) is 6.52. The van der Waals surface area contributed by atoms with Gasteiger partial charge in [-0.15, -0.1) is 0 Å². The number of benzene rings is 4. The summed E-state index contributed by atoms with van der Waals surface area (Å²) in [5, 5.41) is 3.60. The maximum Gasteiger partial charge on any atom is 0.156 e. The van der Waals surface area contributed by atoms with Crippen LogP contribution < -0.4 is 10.1 Å². The van der Waals surface area contributed by atoms with Gasteiger partial charge >= 0.3 is 0 Å². The van der Waals surface area contributed by atoms with E-state index in [-0.39, 0.29) is 6.23 Å². The van der Waals surface area contributed by atoms with Gasteiger partial charge in [-0.25, -0.2) is 0 Å². The van der Waals surface area contributed by atoms with Crippen LogP contribution in [0.2, 0.25) is 0 Å². The Kier molecular flexibility index (Phi) is 5.19. The molecule has 4 aromatic rings. The first kappa shape index (κ1) is 19.4. The summed E-state index contributed by atoms with van der Waals surface area (Å²) < 4.78 is 12.6. The van der Waals surface area contributed by atoms with E-state index in [1.807, 2.05) is 31.2 Å². The predicted molar refractivity (Wildman–Crippen MR) is 124 cm³/mol. The van der Waals surface area contributed by atoms with Crippen LogP contribution in [0, 0.1) is 0 Å². The Hall–Kier alpha value is -3.56. The molecule has 31 heavy (non-hydrogen) atoms. The molecule has 1 N–H and O–H groups in total. The molecule has 1 heterocycles. The van der Waals surface area contributed by atoms with Crippen molar-refractivity contribution in [3.05, 3.63) is 131 Å². The van der Waals surface area contributed by atoms with Gasteiger partial charge in [0.2, 0.25) is 0 Å². The molecule has 0 fully saturated rings. The minimum atomic E-state index is -0.729. The highest BCUT2D eigenvalue weighted by Gasteiger charge is 2.44. The molecule has 0 spiro atoms. The fraction of sp³-hybridized carbons (Fsp3) is 0.143. The molecular formula is C28H25NO2. The monoisotopic (exact) mass is 407 g/mol. The molecule has 0 amide bonds. The minimum absolute atomic E-state index is 0.314. The molecule has 0 saturated carbocycles. The van der Waals surface area contributed by atoms with E-state index in [0.29, 0.717) is 6.61 Å². The summed E-state index contributed by atoms with van der Waals surface area (Å²) >= 11 is 0. The van der Waals surface area contributed by atoms with Crippen molar-refractivity contribution in [1.82, 2.24) is 0 Å². The Labute approximate surface area is 183 Å². The highest BCUT2D eigenvalue weighted by molar-refractivity contribution is 5.63. The minimum Gasteiger partial charge on any atom is -0.494 e. The second kappa shape index (κ2) is 8.29. The number of rotatable bonds is 5. The number of fused-ring (bicyclic) bond motifs is 1. The van der Waals surface area contributed by atoms with Crippen molar-refractivity contribution in [3.8, 4) is 5.75 Å². The van der Waals surface area contributed by atoms with Crippen molar-refractivity contribution in [2.45, 2.75) is 18.8 Å². The third-order valence-electron chi connectivity index (χ3n) is 5.74. The quantitative estimate of drug-likeness (QED) is 0.409. The molecule has 3 heteroatoms. The van der Waals surface area contributed by atoms with E-state index in [0.717, 1.165) is 33.7 Å². The van der Waals surface area contributed by atoms with Crippen molar-refractivity contribution in [2.75, 3.05) is 11.9 Å². The van der Waals surface area contributed by atoms with Gasteiger partial charge in [0, 0.05) is 16.8 Å². The highest BCUT2D eigenvalue weighted by atomic mass is 16.5. The first-order chi connectivity index (χ1) is 15.3. The summed E-state index contributed by atoms with van der Waals surface area (Å²) in [6.45, 7) is 2.64. The molecule has 0 bridgehead atoms. The number of para-hydroxylation sites is 1. The number of hydrogen-bond donors (Lipinski definition) is 1. The van der Waals surface area contributed by atoms with Gasteiger partial charge in [-0.3, -0.25) is 0 Å². The van der Waals surface area contributed by atoms with Crippen LogP contribution in [0.1, 0.15) is 35.4 Å². The molecule has 3 nitrogen and oxygen atoms in total. The Bertz CT molecular complexity index is 1100. The summed E-state index contributed by atoms with van der Waals surface area (Å²) in [5.74, 6) is 0.861. The lowest BCUT2D eigenvalue weighted by molar-refractivity contribution is -0.0432. The lowest BCUT2D eigenvalue weighted by Gasteiger charge is -2.44. The van der Waals surface area contributed by atoms with Crippen LogP contribution in [0.15, 0.2) is 109 Å². The Morgan fingerprint density at radius 2 is 1.32 bits per heavy atom. The number of nitrogens with one attached hydrogen (secondary N) is 1. The summed E-state index contributed by atoms with van der Waals surface area (Å²) in [6.07, 6.45) is -0.314. The van der Waals surface area contributed by atoms with Crippen molar-refractivity contribution in [1.29, 1.82) is 0 Å². The smallest absolute Gasteiger partial charge is 0.156 e. The Morgan fingerprint density at radius 3 is 1.94 bits per heavy atom. The summed E-state index contributed by atoms with van der Waals surface area (Å²) in [4.78, 5) is 0. The molecule has 0 aliphatic carbocycles.